The van der Waals surface area contributed by atoms with E-state index in [0.717, 1.165) is 16.3 Å². The highest BCUT2D eigenvalue weighted by molar-refractivity contribution is 6.02. The van der Waals surface area contributed by atoms with Gasteiger partial charge in [0.2, 0.25) is 5.71 Å². The van der Waals surface area contributed by atoms with Gasteiger partial charge in [0.15, 0.2) is 11.5 Å². The third kappa shape index (κ3) is 4.52. The number of aliphatic hydroxyl groups is 2. The van der Waals surface area contributed by atoms with Crippen LogP contribution in [-0.2, 0) is 0 Å². The summed E-state index contributed by atoms with van der Waals surface area (Å²) in [5, 5.41) is 21.4. The minimum absolute atomic E-state index is 0.340. The van der Waals surface area contributed by atoms with Crippen LogP contribution in [0.25, 0.3) is 22.0 Å². The normalized spacial score (nSPS) is 13.6. The topological polar surface area (TPSA) is 94.2 Å². The molecule has 162 valence electrons. The van der Waals surface area contributed by atoms with Crippen molar-refractivity contribution >= 4 is 22.0 Å². The number of fused-ring (bicyclic) bond motifs is 2. The Hall–Kier alpha value is -2.77. The van der Waals surface area contributed by atoms with Gasteiger partial charge in [-0.25, -0.2) is 4.98 Å². The fourth-order valence-electron chi connectivity index (χ4n) is 3.28. The fraction of sp³-hybridized carbons (Fsp3) is 0.435. The smallest absolute Gasteiger partial charge is 0.230 e. The standard InChI is InChI=1S/C23H29NO6/c1-14(6-9-18(25)23(2,3)26)10-12-29-17-8-7-15-19(21(17)28-5)24-22-16(11-13-30-22)20(15)27-4/h7-8,10-11,13,18,25-26H,6,9,12H2,1-5H3/t18-/m0/s1. The lowest BCUT2D eigenvalue weighted by molar-refractivity contribution is -0.0509. The lowest BCUT2D eigenvalue weighted by atomic mass is 9.96. The lowest BCUT2D eigenvalue weighted by Crippen LogP contribution is -2.35. The Morgan fingerprint density at radius 3 is 2.57 bits per heavy atom. The molecule has 0 unspecified atom stereocenters. The molecule has 0 fully saturated rings. The monoisotopic (exact) mass is 415 g/mol. The van der Waals surface area contributed by atoms with E-state index in [2.05, 4.69) is 4.98 Å². The molecule has 0 bridgehead atoms. The van der Waals surface area contributed by atoms with E-state index in [9.17, 15) is 10.2 Å². The number of nitrogens with zero attached hydrogens (tertiary/aromatic N) is 1. The zero-order valence-corrected chi connectivity index (χ0v) is 18.1. The molecule has 0 amide bonds. The van der Waals surface area contributed by atoms with E-state index in [1.54, 1.807) is 34.3 Å². The zero-order chi connectivity index (χ0) is 21.9. The van der Waals surface area contributed by atoms with Crippen molar-refractivity contribution in [2.75, 3.05) is 20.8 Å². The maximum atomic E-state index is 9.96. The average Bonchev–Trinajstić information content (AvgIpc) is 3.17. The van der Waals surface area contributed by atoms with E-state index in [-0.39, 0.29) is 0 Å². The number of rotatable bonds is 9. The minimum atomic E-state index is -1.11. The minimum Gasteiger partial charge on any atom is -0.495 e. The molecule has 0 radical (unpaired) electrons. The van der Waals surface area contributed by atoms with Crippen LogP contribution in [0.4, 0.5) is 0 Å². The summed E-state index contributed by atoms with van der Waals surface area (Å²) in [6.45, 7) is 5.52. The van der Waals surface area contributed by atoms with Crippen molar-refractivity contribution in [1.82, 2.24) is 4.98 Å². The molecule has 2 heterocycles. The third-order valence-corrected chi connectivity index (χ3v) is 5.15. The maximum absolute atomic E-state index is 9.96. The highest BCUT2D eigenvalue weighted by Crippen LogP contribution is 2.41. The number of hydrogen-bond donors (Lipinski definition) is 2. The van der Waals surface area contributed by atoms with Crippen LogP contribution in [0.2, 0.25) is 0 Å². The number of furan rings is 1. The molecule has 2 aromatic heterocycles. The molecular weight excluding hydrogens is 386 g/mol. The summed E-state index contributed by atoms with van der Waals surface area (Å²) >= 11 is 0. The number of methoxy groups -OCH3 is 2. The number of pyridine rings is 1. The van der Waals surface area contributed by atoms with Crippen LogP contribution < -0.4 is 14.2 Å². The van der Waals surface area contributed by atoms with Crippen molar-refractivity contribution in [2.45, 2.75) is 45.3 Å². The van der Waals surface area contributed by atoms with E-state index >= 15 is 0 Å². The highest BCUT2D eigenvalue weighted by Gasteiger charge is 2.23. The summed E-state index contributed by atoms with van der Waals surface area (Å²) in [4.78, 5) is 4.57. The Morgan fingerprint density at radius 1 is 1.17 bits per heavy atom. The summed E-state index contributed by atoms with van der Waals surface area (Å²) in [6, 6.07) is 5.54. The number of allylic oxidation sites excluding steroid dienone is 1. The van der Waals surface area contributed by atoms with Crippen molar-refractivity contribution in [3.05, 3.63) is 36.1 Å². The molecule has 0 aliphatic rings. The fourth-order valence-corrected chi connectivity index (χ4v) is 3.28. The molecule has 0 spiro atoms. The molecular formula is C23H29NO6. The number of hydrogen-bond acceptors (Lipinski definition) is 7. The number of aliphatic hydroxyl groups excluding tert-OH is 1. The summed E-state index contributed by atoms with van der Waals surface area (Å²) in [5.41, 5.74) is 1.03. The second-order valence-electron chi connectivity index (χ2n) is 7.85. The van der Waals surface area contributed by atoms with Gasteiger partial charge in [-0.15, -0.1) is 0 Å². The summed E-state index contributed by atoms with van der Waals surface area (Å²) in [5.74, 6) is 1.74. The third-order valence-electron chi connectivity index (χ3n) is 5.15. The molecule has 7 nitrogen and oxygen atoms in total. The van der Waals surface area contributed by atoms with Gasteiger partial charge in [0.05, 0.1) is 37.6 Å². The van der Waals surface area contributed by atoms with Gasteiger partial charge >= 0.3 is 0 Å². The van der Waals surface area contributed by atoms with E-state index in [1.807, 2.05) is 31.2 Å². The predicted octanol–water partition coefficient (Wildman–Crippen LogP) is 4.24. The Balaban J connectivity index is 1.79. The highest BCUT2D eigenvalue weighted by atomic mass is 16.5. The number of aromatic nitrogens is 1. The first kappa shape index (κ1) is 21.9. The molecule has 30 heavy (non-hydrogen) atoms. The van der Waals surface area contributed by atoms with Crippen LogP contribution in [0, 0.1) is 0 Å². The molecule has 1 atom stereocenters. The molecule has 1 aromatic carbocycles. The largest absolute Gasteiger partial charge is 0.495 e. The van der Waals surface area contributed by atoms with Gasteiger partial charge in [-0.2, -0.15) is 0 Å². The average molecular weight is 415 g/mol. The van der Waals surface area contributed by atoms with Gasteiger partial charge < -0.3 is 28.8 Å². The first-order chi connectivity index (χ1) is 14.3. The summed E-state index contributed by atoms with van der Waals surface area (Å²) in [6.07, 6.45) is 3.89. The quantitative estimate of drug-likeness (QED) is 0.505. The molecule has 0 aliphatic carbocycles. The number of ether oxygens (including phenoxy) is 3. The van der Waals surface area contributed by atoms with Crippen molar-refractivity contribution in [3.8, 4) is 17.2 Å². The SMILES string of the molecule is COc1c2ccoc2nc2c(OC)c(OCC=C(C)CC[C@H](O)C(C)(C)O)ccc12. The first-order valence-corrected chi connectivity index (χ1v) is 9.87. The van der Waals surface area contributed by atoms with Gasteiger partial charge in [0.1, 0.15) is 17.9 Å². The van der Waals surface area contributed by atoms with Crippen LogP contribution >= 0.6 is 0 Å². The van der Waals surface area contributed by atoms with Gasteiger partial charge in [-0.1, -0.05) is 5.57 Å². The van der Waals surface area contributed by atoms with Gasteiger partial charge in [-0.3, -0.25) is 0 Å². The Kier molecular flexibility index (Phi) is 6.53. The summed E-state index contributed by atoms with van der Waals surface area (Å²) < 4.78 is 22.5. The Bertz CT molecular complexity index is 1050. The van der Waals surface area contributed by atoms with Crippen molar-refractivity contribution in [1.29, 1.82) is 0 Å². The lowest BCUT2D eigenvalue weighted by Gasteiger charge is -2.24. The van der Waals surface area contributed by atoms with Gasteiger partial charge in [0.25, 0.3) is 0 Å². The number of benzene rings is 1. The summed E-state index contributed by atoms with van der Waals surface area (Å²) in [7, 11) is 3.18. The van der Waals surface area contributed by atoms with E-state index in [4.69, 9.17) is 18.6 Å². The second-order valence-corrected chi connectivity index (χ2v) is 7.85. The molecule has 7 heteroatoms. The second kappa shape index (κ2) is 8.93. The molecule has 0 saturated heterocycles. The van der Waals surface area contributed by atoms with Crippen LogP contribution in [0.3, 0.4) is 0 Å². The predicted molar refractivity (Wildman–Crippen MR) is 115 cm³/mol. The first-order valence-electron chi connectivity index (χ1n) is 9.87. The molecule has 0 aliphatic heterocycles. The molecule has 0 saturated carbocycles. The van der Waals surface area contributed by atoms with Crippen molar-refractivity contribution in [2.24, 2.45) is 0 Å². The molecule has 3 rings (SSSR count). The Labute approximate surface area is 175 Å². The van der Waals surface area contributed by atoms with E-state index < -0.39 is 11.7 Å². The maximum Gasteiger partial charge on any atom is 0.230 e. The van der Waals surface area contributed by atoms with Crippen LogP contribution in [0.5, 0.6) is 17.2 Å². The van der Waals surface area contributed by atoms with Crippen molar-refractivity contribution < 1.29 is 28.8 Å². The molecule has 2 N–H and O–H groups in total. The van der Waals surface area contributed by atoms with Gasteiger partial charge in [-0.05, 0) is 57.9 Å². The van der Waals surface area contributed by atoms with Crippen molar-refractivity contribution in [3.63, 3.8) is 0 Å². The van der Waals surface area contributed by atoms with Crippen LogP contribution in [0.1, 0.15) is 33.6 Å². The van der Waals surface area contributed by atoms with E-state index in [1.165, 1.54) is 0 Å². The van der Waals surface area contributed by atoms with Crippen LogP contribution in [-0.4, -0.2) is 47.7 Å². The van der Waals surface area contributed by atoms with E-state index in [0.29, 0.717) is 47.9 Å². The molecule has 3 aromatic rings. The Morgan fingerprint density at radius 2 is 1.90 bits per heavy atom. The van der Waals surface area contributed by atoms with Gasteiger partial charge in [0, 0.05) is 5.39 Å². The van der Waals surface area contributed by atoms with Crippen LogP contribution in [0.15, 0.2) is 40.5 Å². The zero-order valence-electron chi connectivity index (χ0n) is 18.1.